The molecule has 3 unspecified atom stereocenters. The number of esters is 1. The van der Waals surface area contributed by atoms with Gasteiger partial charge in [0.2, 0.25) is 0 Å². The summed E-state index contributed by atoms with van der Waals surface area (Å²) >= 11 is 0. The zero-order valence-electron chi connectivity index (χ0n) is 24.0. The fourth-order valence-corrected chi connectivity index (χ4v) is 7.05. The van der Waals surface area contributed by atoms with Gasteiger partial charge in [0, 0.05) is 23.4 Å². The normalized spacial score (nSPS) is 19.8. The summed E-state index contributed by atoms with van der Waals surface area (Å²) in [6.07, 6.45) is 3.43. The number of nitrogens with one attached hydrogen (secondary N) is 1. The Hall–Kier alpha value is -4.04. The van der Waals surface area contributed by atoms with Crippen molar-refractivity contribution in [2.24, 2.45) is 5.92 Å². The van der Waals surface area contributed by atoms with Gasteiger partial charge in [-0.2, -0.15) is 8.42 Å². The summed E-state index contributed by atoms with van der Waals surface area (Å²) < 4.78 is 35.2. The van der Waals surface area contributed by atoms with Crippen LogP contribution < -0.4 is 4.72 Å². The van der Waals surface area contributed by atoms with Crippen LogP contribution in [0.4, 0.5) is 5.69 Å². The third-order valence-corrected chi connectivity index (χ3v) is 9.37. The molecule has 1 aromatic heterocycles. The van der Waals surface area contributed by atoms with Crippen molar-refractivity contribution >= 4 is 38.4 Å². The minimum absolute atomic E-state index is 0.0903. The predicted molar refractivity (Wildman–Crippen MR) is 164 cm³/mol. The van der Waals surface area contributed by atoms with E-state index in [4.69, 9.17) is 4.74 Å². The minimum atomic E-state index is -3.97. The molecule has 0 bridgehead atoms. The number of para-hydroxylation sites is 1. The number of fused-ring (bicyclic) bond motifs is 1. The van der Waals surface area contributed by atoms with Crippen molar-refractivity contribution in [1.29, 1.82) is 0 Å². The minimum Gasteiger partial charge on any atom is -0.458 e. The van der Waals surface area contributed by atoms with Crippen molar-refractivity contribution in [3.63, 3.8) is 0 Å². The summed E-state index contributed by atoms with van der Waals surface area (Å²) in [4.78, 5) is 31.5. The number of anilines is 1. The first-order valence-electron chi connectivity index (χ1n) is 14.5. The van der Waals surface area contributed by atoms with E-state index in [-0.39, 0.29) is 17.2 Å². The molecule has 2 heterocycles. The van der Waals surface area contributed by atoms with Gasteiger partial charge in [-0.05, 0) is 67.1 Å². The van der Waals surface area contributed by atoms with E-state index < -0.39 is 33.4 Å². The second kappa shape index (κ2) is 12.4. The van der Waals surface area contributed by atoms with Crippen molar-refractivity contribution in [3.05, 3.63) is 102 Å². The van der Waals surface area contributed by atoms with Crippen LogP contribution >= 0.6 is 0 Å². The number of aryl methyl sites for hydroxylation is 1. The summed E-state index contributed by atoms with van der Waals surface area (Å²) in [5.74, 6) is -2.00. The van der Waals surface area contributed by atoms with Crippen molar-refractivity contribution in [2.45, 2.75) is 68.9 Å². The average Bonchev–Trinajstić information content (AvgIpc) is 2.98. The van der Waals surface area contributed by atoms with Gasteiger partial charge in [0.15, 0.2) is 10.8 Å². The zero-order chi connectivity index (χ0) is 29.7. The lowest BCUT2D eigenvalue weighted by molar-refractivity contribution is -0.180. The maximum absolute atomic E-state index is 13.7. The Morgan fingerprint density at radius 1 is 0.929 bits per heavy atom. The number of cyclic esters (lactones) is 1. The standard InChI is InChI=1S/C34H36N2O5S/c1-3-20-34(21-19-24-11-6-5-7-12-24)23-30(37)32(33(38)41-34)28(4-2)26-14-10-15-27(22-26)36-42(39,40)31-18-17-25-13-8-9-16-29(25)35-31/h5-18,22,28,32,36H,3-4,19-21,23H2,1-2H3. The lowest BCUT2D eigenvalue weighted by Gasteiger charge is -2.40. The van der Waals surface area contributed by atoms with Gasteiger partial charge in [-0.1, -0.05) is 80.9 Å². The second-order valence-corrected chi connectivity index (χ2v) is 12.7. The Labute approximate surface area is 247 Å². The van der Waals surface area contributed by atoms with Crippen LogP contribution in [0.5, 0.6) is 0 Å². The van der Waals surface area contributed by atoms with Gasteiger partial charge >= 0.3 is 5.97 Å². The number of pyridine rings is 1. The number of rotatable bonds is 11. The molecule has 7 nitrogen and oxygen atoms in total. The van der Waals surface area contributed by atoms with Crippen molar-refractivity contribution in [3.8, 4) is 0 Å². The number of benzene rings is 3. The Balaban J connectivity index is 1.35. The summed E-state index contributed by atoms with van der Waals surface area (Å²) in [7, 11) is -3.97. The van der Waals surface area contributed by atoms with Gasteiger partial charge in [0.1, 0.15) is 11.5 Å². The number of ether oxygens (including phenoxy) is 1. The number of hydrogen-bond donors (Lipinski definition) is 1. The van der Waals surface area contributed by atoms with Crippen LogP contribution in [0.3, 0.4) is 0 Å². The van der Waals surface area contributed by atoms with Gasteiger partial charge in [-0.15, -0.1) is 0 Å². The van der Waals surface area contributed by atoms with Crippen LogP contribution in [0.15, 0.2) is 96.0 Å². The van der Waals surface area contributed by atoms with Crippen molar-refractivity contribution < 1.29 is 22.7 Å². The highest BCUT2D eigenvalue weighted by Gasteiger charge is 2.48. The van der Waals surface area contributed by atoms with Crippen molar-refractivity contribution in [2.75, 3.05) is 4.72 Å². The van der Waals surface area contributed by atoms with E-state index in [2.05, 4.69) is 9.71 Å². The number of sulfonamides is 1. The maximum atomic E-state index is 13.7. The van der Waals surface area contributed by atoms with Crippen LogP contribution in [0, 0.1) is 5.92 Å². The van der Waals surface area contributed by atoms with Gasteiger partial charge in [0.25, 0.3) is 10.0 Å². The Morgan fingerprint density at radius 3 is 2.43 bits per heavy atom. The molecule has 3 atom stereocenters. The summed E-state index contributed by atoms with van der Waals surface area (Å²) in [5.41, 5.74) is 1.95. The van der Waals surface area contributed by atoms with Crippen LogP contribution in [0.25, 0.3) is 10.9 Å². The Bertz CT molecular complexity index is 1670. The third kappa shape index (κ3) is 6.39. The highest BCUT2D eigenvalue weighted by molar-refractivity contribution is 7.92. The predicted octanol–water partition coefficient (Wildman–Crippen LogP) is 6.83. The topological polar surface area (TPSA) is 102 Å². The smallest absolute Gasteiger partial charge is 0.317 e. The number of hydrogen-bond acceptors (Lipinski definition) is 6. The molecule has 1 aliphatic rings. The average molecular weight is 585 g/mol. The maximum Gasteiger partial charge on any atom is 0.317 e. The largest absolute Gasteiger partial charge is 0.458 e. The van der Waals surface area contributed by atoms with Crippen molar-refractivity contribution in [1.82, 2.24) is 4.98 Å². The molecule has 3 aromatic carbocycles. The molecule has 4 aromatic rings. The highest BCUT2D eigenvalue weighted by atomic mass is 32.2. The molecule has 1 N–H and O–H groups in total. The molecule has 1 aliphatic heterocycles. The molecule has 0 spiro atoms. The van der Waals surface area contributed by atoms with E-state index in [0.29, 0.717) is 36.0 Å². The number of carbonyl (C=O) groups is 2. The third-order valence-electron chi connectivity index (χ3n) is 8.09. The zero-order valence-corrected chi connectivity index (χ0v) is 24.8. The fourth-order valence-electron chi connectivity index (χ4n) is 6.04. The van der Waals surface area contributed by atoms with E-state index in [1.165, 1.54) is 6.07 Å². The lowest BCUT2D eigenvalue weighted by atomic mass is 9.74. The fraction of sp³-hybridized carbons (Fsp3) is 0.324. The van der Waals surface area contributed by atoms with Gasteiger partial charge in [0.05, 0.1) is 5.52 Å². The Kier molecular flexibility index (Phi) is 8.73. The Morgan fingerprint density at radius 2 is 1.69 bits per heavy atom. The number of aromatic nitrogens is 1. The molecule has 8 heteroatoms. The molecule has 218 valence electrons. The first-order valence-corrected chi connectivity index (χ1v) is 16.0. The van der Waals surface area contributed by atoms with E-state index >= 15 is 0 Å². The number of Topliss-reactive ketones (excluding diaryl/α,β-unsaturated/α-hetero) is 1. The molecule has 1 fully saturated rings. The summed E-state index contributed by atoms with van der Waals surface area (Å²) in [6.45, 7) is 3.95. The second-order valence-electron chi connectivity index (χ2n) is 11.0. The number of ketones is 1. The lowest BCUT2D eigenvalue weighted by Crippen LogP contribution is -2.49. The molecule has 42 heavy (non-hydrogen) atoms. The molecule has 0 saturated carbocycles. The van der Waals surface area contributed by atoms with Gasteiger partial charge in [-0.3, -0.25) is 14.3 Å². The molecule has 0 radical (unpaired) electrons. The first-order chi connectivity index (χ1) is 20.2. The summed E-state index contributed by atoms with van der Waals surface area (Å²) in [5, 5.41) is 0.753. The van der Waals surface area contributed by atoms with E-state index in [1.54, 1.807) is 36.4 Å². The van der Waals surface area contributed by atoms with E-state index in [9.17, 15) is 18.0 Å². The number of carbonyl (C=O) groups excluding carboxylic acids is 2. The SMILES string of the molecule is CCCC1(CCc2ccccc2)CC(=O)C(C(CC)c2cccc(NS(=O)(=O)c3ccc4ccccc4n3)c2)C(=O)O1. The quantitative estimate of drug-likeness (QED) is 0.153. The highest BCUT2D eigenvalue weighted by Crippen LogP contribution is 2.41. The van der Waals surface area contributed by atoms with Gasteiger partial charge < -0.3 is 4.74 Å². The van der Waals surface area contributed by atoms with Crippen LogP contribution in [0.1, 0.15) is 63.0 Å². The molecular formula is C34H36N2O5S. The molecular weight excluding hydrogens is 548 g/mol. The number of nitrogens with zero attached hydrogens (tertiary/aromatic N) is 1. The van der Waals surface area contributed by atoms with Crippen LogP contribution in [-0.2, 0) is 30.8 Å². The molecule has 5 rings (SSSR count). The molecule has 1 saturated heterocycles. The van der Waals surface area contributed by atoms with Crippen LogP contribution in [-0.4, -0.2) is 30.8 Å². The first kappa shape index (κ1) is 29.5. The molecule has 0 amide bonds. The van der Waals surface area contributed by atoms with Crippen LogP contribution in [0.2, 0.25) is 0 Å². The molecule has 0 aliphatic carbocycles. The van der Waals surface area contributed by atoms with E-state index in [0.717, 1.165) is 23.8 Å². The van der Waals surface area contributed by atoms with E-state index in [1.807, 2.05) is 62.4 Å². The monoisotopic (exact) mass is 584 g/mol. The van der Waals surface area contributed by atoms with Gasteiger partial charge in [-0.25, -0.2) is 4.98 Å². The summed E-state index contributed by atoms with van der Waals surface area (Å²) in [6, 6.07) is 27.4.